The van der Waals surface area contributed by atoms with Gasteiger partial charge >= 0.3 is 0 Å². The Morgan fingerprint density at radius 1 is 1.27 bits per heavy atom. The molecule has 1 N–H and O–H groups in total. The normalized spacial score (nSPS) is 29.6. The van der Waals surface area contributed by atoms with Crippen molar-refractivity contribution in [2.45, 2.75) is 37.4 Å². The molecule has 0 aromatic heterocycles. The molecule has 0 bridgehead atoms. The molecule has 0 radical (unpaired) electrons. The van der Waals surface area contributed by atoms with Crippen LogP contribution in [0.5, 0.6) is 0 Å². The van der Waals surface area contributed by atoms with Gasteiger partial charge in [0.25, 0.3) is 0 Å². The highest BCUT2D eigenvalue weighted by molar-refractivity contribution is 6.30. The van der Waals surface area contributed by atoms with Crippen molar-refractivity contribution in [2.75, 3.05) is 39.4 Å². The minimum Gasteiger partial charge on any atom is -0.378 e. The van der Waals surface area contributed by atoms with Gasteiger partial charge in [-0.25, -0.2) is 4.39 Å². The molecule has 142 valence electrons. The van der Waals surface area contributed by atoms with Gasteiger partial charge in [0.05, 0.1) is 42.8 Å². The van der Waals surface area contributed by atoms with E-state index in [1.807, 2.05) is 4.90 Å². The van der Waals surface area contributed by atoms with E-state index in [4.69, 9.17) is 16.3 Å². The van der Waals surface area contributed by atoms with Crippen LogP contribution in [-0.4, -0.2) is 73.2 Å². The third-order valence-corrected chi connectivity index (χ3v) is 6.07. The zero-order valence-corrected chi connectivity index (χ0v) is 15.6. The molecule has 5 nitrogen and oxygen atoms in total. The Labute approximate surface area is 158 Å². The third-order valence-electron chi connectivity index (χ3n) is 5.78. The van der Waals surface area contributed by atoms with Crippen LogP contribution in [0.2, 0.25) is 5.02 Å². The number of hydrogen-bond donors (Lipinski definition) is 1. The second-order valence-electron chi connectivity index (χ2n) is 7.41. The van der Waals surface area contributed by atoms with Crippen molar-refractivity contribution >= 4 is 17.5 Å². The molecule has 0 saturated carbocycles. The van der Waals surface area contributed by atoms with Gasteiger partial charge in [0, 0.05) is 13.1 Å². The first-order valence-corrected chi connectivity index (χ1v) is 9.80. The molecule has 1 aromatic carbocycles. The molecule has 0 aliphatic carbocycles. The van der Waals surface area contributed by atoms with Crippen LogP contribution in [0.25, 0.3) is 0 Å². The summed E-state index contributed by atoms with van der Waals surface area (Å²) in [5, 5.41) is 3.59. The predicted octanol–water partition coefficient (Wildman–Crippen LogP) is 1.69. The topological polar surface area (TPSA) is 44.8 Å². The molecule has 3 heterocycles. The zero-order chi connectivity index (χ0) is 18.1. The molecule has 4 rings (SSSR count). The van der Waals surface area contributed by atoms with E-state index in [1.165, 1.54) is 18.9 Å². The van der Waals surface area contributed by atoms with Crippen LogP contribution >= 0.6 is 11.6 Å². The Kier molecular flexibility index (Phi) is 5.45. The second-order valence-corrected chi connectivity index (χ2v) is 7.82. The zero-order valence-electron chi connectivity index (χ0n) is 14.8. The van der Waals surface area contributed by atoms with Crippen molar-refractivity contribution in [3.63, 3.8) is 0 Å². The Bertz CT molecular complexity index is 666. The number of hydrogen-bond acceptors (Lipinski definition) is 4. The molecule has 26 heavy (non-hydrogen) atoms. The summed E-state index contributed by atoms with van der Waals surface area (Å²) in [6, 6.07) is 5.05. The number of nitrogens with zero attached hydrogens (tertiary/aromatic N) is 2. The van der Waals surface area contributed by atoms with Crippen LogP contribution in [-0.2, 0) is 16.0 Å². The number of piperazine rings is 1. The summed E-state index contributed by atoms with van der Waals surface area (Å²) < 4.78 is 19.2. The molecular formula is C19H25ClFN3O2. The largest absolute Gasteiger partial charge is 0.378 e. The number of fused-ring (bicyclic) bond motifs is 1. The van der Waals surface area contributed by atoms with E-state index in [0.29, 0.717) is 19.8 Å². The van der Waals surface area contributed by atoms with Crippen LogP contribution in [0, 0.1) is 5.82 Å². The summed E-state index contributed by atoms with van der Waals surface area (Å²) in [6.07, 6.45) is 2.67. The van der Waals surface area contributed by atoms with Gasteiger partial charge in [-0.2, -0.15) is 0 Å². The number of carbonyl (C=O) groups is 1. The van der Waals surface area contributed by atoms with Crippen LogP contribution in [0.4, 0.5) is 4.39 Å². The SMILES string of the molecule is O=C(Cc1ccc(F)c(Cl)c1)N1CCNC2COCC(N3CCCC3)[C@H]21. The summed E-state index contributed by atoms with van der Waals surface area (Å²) in [5.41, 5.74) is 0.751. The molecule has 7 heteroatoms. The first-order valence-electron chi connectivity index (χ1n) is 9.42. The van der Waals surface area contributed by atoms with Crippen LogP contribution < -0.4 is 5.32 Å². The summed E-state index contributed by atoms with van der Waals surface area (Å²) in [7, 11) is 0. The third kappa shape index (κ3) is 3.60. The standard InChI is InChI=1S/C19H25ClFN3O2/c20-14-9-13(3-4-15(14)21)10-18(25)24-8-5-22-16-11-26-12-17(19(16)24)23-6-1-2-7-23/h3-4,9,16-17,19,22H,1-2,5-8,10-12H2/t16?,17?,19-/m0/s1. The Balaban J connectivity index is 1.52. The fourth-order valence-electron chi connectivity index (χ4n) is 4.52. The maximum absolute atomic E-state index is 13.4. The maximum Gasteiger partial charge on any atom is 0.227 e. The second kappa shape index (κ2) is 7.80. The van der Waals surface area contributed by atoms with Gasteiger partial charge in [-0.3, -0.25) is 9.69 Å². The van der Waals surface area contributed by atoms with E-state index in [0.717, 1.165) is 25.2 Å². The average molecular weight is 382 g/mol. The lowest BCUT2D eigenvalue weighted by Crippen LogP contribution is -2.70. The highest BCUT2D eigenvalue weighted by Crippen LogP contribution is 2.26. The minimum atomic E-state index is -0.455. The Hall–Kier alpha value is -1.21. The summed E-state index contributed by atoms with van der Waals surface area (Å²) >= 11 is 5.87. The lowest BCUT2D eigenvalue weighted by Gasteiger charge is -2.50. The molecule has 3 fully saturated rings. The van der Waals surface area contributed by atoms with Crippen molar-refractivity contribution in [1.29, 1.82) is 0 Å². The quantitative estimate of drug-likeness (QED) is 0.865. The number of ether oxygens (including phenoxy) is 1. The number of rotatable bonds is 3. The van der Waals surface area contributed by atoms with Crippen LogP contribution in [0.1, 0.15) is 18.4 Å². The number of carbonyl (C=O) groups excluding carboxylic acids is 1. The summed E-state index contributed by atoms with van der Waals surface area (Å²) in [5.74, 6) is -0.376. The predicted molar refractivity (Wildman–Crippen MR) is 97.8 cm³/mol. The number of amides is 1. The van der Waals surface area contributed by atoms with Crippen molar-refractivity contribution in [3.8, 4) is 0 Å². The highest BCUT2D eigenvalue weighted by atomic mass is 35.5. The van der Waals surface area contributed by atoms with E-state index >= 15 is 0 Å². The van der Waals surface area contributed by atoms with Crippen molar-refractivity contribution in [3.05, 3.63) is 34.6 Å². The summed E-state index contributed by atoms with van der Waals surface area (Å²) in [4.78, 5) is 17.6. The van der Waals surface area contributed by atoms with Crippen molar-refractivity contribution < 1.29 is 13.9 Å². The Morgan fingerprint density at radius 3 is 2.85 bits per heavy atom. The maximum atomic E-state index is 13.4. The highest BCUT2D eigenvalue weighted by Gasteiger charge is 2.44. The molecule has 3 atom stereocenters. The van der Waals surface area contributed by atoms with Crippen LogP contribution in [0.3, 0.4) is 0 Å². The van der Waals surface area contributed by atoms with Gasteiger partial charge in [-0.15, -0.1) is 0 Å². The van der Waals surface area contributed by atoms with Crippen LogP contribution in [0.15, 0.2) is 18.2 Å². The fourth-order valence-corrected chi connectivity index (χ4v) is 4.72. The number of halogens is 2. The lowest BCUT2D eigenvalue weighted by molar-refractivity contribution is -0.142. The van der Waals surface area contributed by atoms with Gasteiger partial charge in [-0.05, 0) is 43.6 Å². The van der Waals surface area contributed by atoms with Gasteiger partial charge in [0.15, 0.2) is 0 Å². The number of nitrogens with one attached hydrogen (secondary N) is 1. The molecule has 3 aliphatic heterocycles. The van der Waals surface area contributed by atoms with Gasteiger partial charge in [0.2, 0.25) is 5.91 Å². The molecule has 3 aliphatic rings. The van der Waals surface area contributed by atoms with E-state index in [1.54, 1.807) is 12.1 Å². The summed E-state index contributed by atoms with van der Waals surface area (Å²) in [6.45, 7) is 4.93. The lowest BCUT2D eigenvalue weighted by atomic mass is 9.92. The smallest absolute Gasteiger partial charge is 0.227 e. The molecular weight excluding hydrogens is 357 g/mol. The first-order chi connectivity index (χ1) is 12.6. The van der Waals surface area contributed by atoms with Gasteiger partial charge in [-0.1, -0.05) is 17.7 Å². The first kappa shape index (κ1) is 18.2. The van der Waals surface area contributed by atoms with Crippen molar-refractivity contribution in [2.24, 2.45) is 0 Å². The Morgan fingerprint density at radius 2 is 2.08 bits per heavy atom. The molecule has 1 aromatic rings. The van der Waals surface area contributed by atoms with Crippen molar-refractivity contribution in [1.82, 2.24) is 15.1 Å². The number of benzene rings is 1. The van der Waals surface area contributed by atoms with Gasteiger partial charge in [0.1, 0.15) is 5.82 Å². The van der Waals surface area contributed by atoms with E-state index in [9.17, 15) is 9.18 Å². The monoisotopic (exact) mass is 381 g/mol. The molecule has 3 saturated heterocycles. The molecule has 2 unspecified atom stereocenters. The minimum absolute atomic E-state index is 0.0643. The molecule has 1 amide bonds. The number of likely N-dealkylation sites (tertiary alicyclic amines) is 1. The average Bonchev–Trinajstić information content (AvgIpc) is 3.18. The van der Waals surface area contributed by atoms with Gasteiger partial charge < -0.3 is 15.0 Å². The van der Waals surface area contributed by atoms with E-state index in [-0.39, 0.29) is 35.5 Å². The van der Waals surface area contributed by atoms with E-state index in [2.05, 4.69) is 10.2 Å². The van der Waals surface area contributed by atoms with E-state index < -0.39 is 5.82 Å². The molecule has 0 spiro atoms. The fraction of sp³-hybridized carbons (Fsp3) is 0.632.